The van der Waals surface area contributed by atoms with Gasteiger partial charge in [-0.25, -0.2) is 9.07 Å². The van der Waals surface area contributed by atoms with Crippen molar-refractivity contribution in [2.24, 2.45) is 0 Å². The van der Waals surface area contributed by atoms with Gasteiger partial charge in [0.2, 0.25) is 0 Å². The molecular formula is C16H11BrFIN2. The van der Waals surface area contributed by atoms with Crippen molar-refractivity contribution in [2.75, 3.05) is 0 Å². The molecule has 0 amide bonds. The van der Waals surface area contributed by atoms with Gasteiger partial charge in [-0.05, 0) is 52.4 Å². The van der Waals surface area contributed by atoms with E-state index in [1.54, 1.807) is 6.07 Å². The number of aromatic nitrogens is 2. The van der Waals surface area contributed by atoms with Gasteiger partial charge >= 0.3 is 0 Å². The lowest BCUT2D eigenvalue weighted by Crippen LogP contribution is -1.96. The van der Waals surface area contributed by atoms with Gasteiger partial charge in [0.1, 0.15) is 5.82 Å². The zero-order chi connectivity index (χ0) is 14.8. The van der Waals surface area contributed by atoms with Crippen LogP contribution in [0, 0.1) is 9.39 Å². The zero-order valence-corrected chi connectivity index (χ0v) is 14.6. The largest absolute Gasteiger partial charge is 0.241 e. The van der Waals surface area contributed by atoms with Crippen molar-refractivity contribution in [1.29, 1.82) is 0 Å². The van der Waals surface area contributed by atoms with Crippen LogP contribution in [0.4, 0.5) is 4.39 Å². The monoisotopic (exact) mass is 456 g/mol. The lowest BCUT2D eigenvalue weighted by molar-refractivity contribution is 0.626. The molecule has 0 aliphatic heterocycles. The van der Waals surface area contributed by atoms with Gasteiger partial charge in [0.05, 0.1) is 16.7 Å². The summed E-state index contributed by atoms with van der Waals surface area (Å²) < 4.78 is 15.9. The van der Waals surface area contributed by atoms with Crippen molar-refractivity contribution in [3.8, 4) is 5.69 Å². The molecule has 5 heteroatoms. The first-order valence-corrected chi connectivity index (χ1v) is 8.33. The Bertz CT molecular complexity index is 758. The first-order valence-electron chi connectivity index (χ1n) is 6.34. The van der Waals surface area contributed by atoms with Gasteiger partial charge in [-0.3, -0.25) is 0 Å². The third kappa shape index (κ3) is 3.18. The van der Waals surface area contributed by atoms with Gasteiger partial charge < -0.3 is 0 Å². The Hall–Kier alpha value is -1.21. The molecule has 1 aromatic heterocycles. The van der Waals surface area contributed by atoms with E-state index in [0.29, 0.717) is 0 Å². The van der Waals surface area contributed by atoms with E-state index in [1.165, 1.54) is 12.1 Å². The molecule has 0 bridgehead atoms. The molecule has 106 valence electrons. The molecule has 0 aliphatic rings. The van der Waals surface area contributed by atoms with E-state index in [0.717, 1.165) is 20.4 Å². The molecule has 1 unspecified atom stereocenters. The van der Waals surface area contributed by atoms with Crippen LogP contribution in [0.25, 0.3) is 5.69 Å². The van der Waals surface area contributed by atoms with Crippen LogP contribution in [-0.2, 0) is 0 Å². The fourth-order valence-corrected chi connectivity index (χ4v) is 3.93. The zero-order valence-electron chi connectivity index (χ0n) is 10.9. The van der Waals surface area contributed by atoms with Gasteiger partial charge in [-0.1, -0.05) is 40.2 Å². The van der Waals surface area contributed by atoms with E-state index in [-0.39, 0.29) is 10.6 Å². The molecule has 2 nitrogen and oxygen atoms in total. The van der Waals surface area contributed by atoms with Gasteiger partial charge in [0.25, 0.3) is 0 Å². The topological polar surface area (TPSA) is 17.8 Å². The summed E-state index contributed by atoms with van der Waals surface area (Å²) in [5.41, 5.74) is 3.07. The van der Waals surface area contributed by atoms with E-state index >= 15 is 0 Å². The van der Waals surface area contributed by atoms with Crippen LogP contribution >= 0.6 is 38.5 Å². The summed E-state index contributed by atoms with van der Waals surface area (Å²) >= 11 is 5.82. The maximum absolute atomic E-state index is 13.2. The Labute approximate surface area is 144 Å². The standard InChI is InChI=1S/C16H11BrFIN2/c17-16(14-7-6-12(18)8-15(14)19)11-9-20-21(10-11)13-4-2-1-3-5-13/h1-10,16H. The van der Waals surface area contributed by atoms with Crippen LogP contribution in [0.1, 0.15) is 16.0 Å². The minimum absolute atomic E-state index is 0.0116. The summed E-state index contributed by atoms with van der Waals surface area (Å²) in [6.45, 7) is 0. The molecule has 21 heavy (non-hydrogen) atoms. The highest BCUT2D eigenvalue weighted by molar-refractivity contribution is 14.1. The Kier molecular flexibility index (Phi) is 4.40. The minimum atomic E-state index is -0.220. The number of benzene rings is 2. The first kappa shape index (κ1) is 14.7. The number of rotatable bonds is 3. The predicted octanol–water partition coefficient (Wildman–Crippen LogP) is 5.10. The first-order chi connectivity index (χ1) is 10.1. The highest BCUT2D eigenvalue weighted by Gasteiger charge is 2.16. The number of hydrogen-bond donors (Lipinski definition) is 0. The maximum Gasteiger partial charge on any atom is 0.124 e. The fourth-order valence-electron chi connectivity index (χ4n) is 2.08. The number of alkyl halides is 1. The van der Waals surface area contributed by atoms with E-state index in [1.807, 2.05) is 47.4 Å². The van der Waals surface area contributed by atoms with Gasteiger partial charge in [0.15, 0.2) is 0 Å². The van der Waals surface area contributed by atoms with Gasteiger partial charge in [-0.2, -0.15) is 5.10 Å². The average Bonchev–Trinajstić information content (AvgIpc) is 2.97. The number of halogens is 3. The van der Waals surface area contributed by atoms with Crippen molar-refractivity contribution in [3.63, 3.8) is 0 Å². The number of nitrogens with zero attached hydrogens (tertiary/aromatic N) is 2. The molecule has 1 atom stereocenters. The highest BCUT2D eigenvalue weighted by Crippen LogP contribution is 2.33. The molecule has 0 fully saturated rings. The number of hydrogen-bond acceptors (Lipinski definition) is 1. The van der Waals surface area contributed by atoms with E-state index in [9.17, 15) is 4.39 Å². The lowest BCUT2D eigenvalue weighted by Gasteiger charge is -2.10. The molecule has 0 saturated heterocycles. The Morgan fingerprint density at radius 2 is 1.90 bits per heavy atom. The normalized spacial score (nSPS) is 12.3. The van der Waals surface area contributed by atoms with Crippen LogP contribution in [-0.4, -0.2) is 9.78 Å². The minimum Gasteiger partial charge on any atom is -0.241 e. The summed E-state index contributed by atoms with van der Waals surface area (Å²) in [5.74, 6) is -0.220. The molecule has 0 saturated carbocycles. The summed E-state index contributed by atoms with van der Waals surface area (Å²) in [6, 6.07) is 14.7. The third-order valence-corrected chi connectivity index (χ3v) is 5.11. The van der Waals surface area contributed by atoms with Crippen LogP contribution < -0.4 is 0 Å². The van der Waals surface area contributed by atoms with Crippen molar-refractivity contribution < 1.29 is 4.39 Å². The molecule has 0 N–H and O–H groups in total. The highest BCUT2D eigenvalue weighted by atomic mass is 127. The second-order valence-corrected chi connectivity index (χ2v) is 6.66. The third-order valence-electron chi connectivity index (χ3n) is 3.15. The van der Waals surface area contributed by atoms with E-state index < -0.39 is 0 Å². The average molecular weight is 457 g/mol. The summed E-state index contributed by atoms with van der Waals surface area (Å²) in [5, 5.41) is 4.39. The summed E-state index contributed by atoms with van der Waals surface area (Å²) in [4.78, 5) is -0.0116. The Morgan fingerprint density at radius 1 is 1.14 bits per heavy atom. The van der Waals surface area contributed by atoms with Crippen molar-refractivity contribution >= 4 is 38.5 Å². The summed E-state index contributed by atoms with van der Waals surface area (Å²) in [6.07, 6.45) is 3.81. The van der Waals surface area contributed by atoms with E-state index in [4.69, 9.17) is 0 Å². The smallest absolute Gasteiger partial charge is 0.124 e. The molecule has 0 radical (unpaired) electrons. The number of para-hydroxylation sites is 1. The quantitative estimate of drug-likeness (QED) is 0.396. The molecule has 1 heterocycles. The maximum atomic E-state index is 13.2. The molecule has 2 aromatic carbocycles. The Morgan fingerprint density at radius 3 is 2.62 bits per heavy atom. The van der Waals surface area contributed by atoms with Crippen molar-refractivity contribution in [1.82, 2.24) is 9.78 Å². The van der Waals surface area contributed by atoms with Crippen molar-refractivity contribution in [3.05, 3.63) is 81.4 Å². The molecule has 3 aromatic rings. The fraction of sp³-hybridized carbons (Fsp3) is 0.0625. The van der Waals surface area contributed by atoms with Crippen LogP contribution in [0.15, 0.2) is 60.9 Å². The van der Waals surface area contributed by atoms with Crippen molar-refractivity contribution in [2.45, 2.75) is 4.83 Å². The van der Waals surface area contributed by atoms with Gasteiger partial charge in [0, 0.05) is 15.3 Å². The predicted molar refractivity (Wildman–Crippen MR) is 93.5 cm³/mol. The lowest BCUT2D eigenvalue weighted by atomic mass is 10.1. The molecular weight excluding hydrogens is 446 g/mol. The Balaban J connectivity index is 1.92. The SMILES string of the molecule is Fc1ccc(C(Br)c2cnn(-c3ccccc3)c2)c(I)c1. The van der Waals surface area contributed by atoms with Crippen LogP contribution in [0.2, 0.25) is 0 Å². The second kappa shape index (κ2) is 6.27. The summed E-state index contributed by atoms with van der Waals surface area (Å²) in [7, 11) is 0. The molecule has 3 rings (SSSR count). The van der Waals surface area contributed by atoms with E-state index in [2.05, 4.69) is 43.6 Å². The second-order valence-electron chi connectivity index (χ2n) is 4.58. The molecule has 0 aliphatic carbocycles. The molecule has 0 spiro atoms. The van der Waals surface area contributed by atoms with Crippen LogP contribution in [0.5, 0.6) is 0 Å². The van der Waals surface area contributed by atoms with Crippen LogP contribution in [0.3, 0.4) is 0 Å². The van der Waals surface area contributed by atoms with Gasteiger partial charge in [-0.15, -0.1) is 0 Å².